The largest absolute Gasteiger partial charge is 0.320 e. The summed E-state index contributed by atoms with van der Waals surface area (Å²) in [6.45, 7) is 1.78. The number of hydrogen-bond donors (Lipinski definition) is 2. The Morgan fingerprint density at radius 1 is 1.08 bits per heavy atom. The van der Waals surface area contributed by atoms with Crippen LogP contribution in [0.1, 0.15) is 25.6 Å². The minimum Gasteiger partial charge on any atom is -0.320 e. The van der Waals surface area contributed by atoms with E-state index in [1.54, 1.807) is 31.2 Å². The second kappa shape index (κ2) is 7.23. The molecule has 0 unspecified atom stereocenters. The fraction of sp³-hybridized carbons (Fsp3) is 0.0556. The highest BCUT2D eigenvalue weighted by Gasteiger charge is 2.13. The molecule has 0 radical (unpaired) electrons. The number of aromatic nitrogens is 1. The van der Waals surface area contributed by atoms with Crippen molar-refractivity contribution in [1.29, 1.82) is 0 Å². The Balaban J connectivity index is 1.73. The fourth-order valence-electron chi connectivity index (χ4n) is 2.18. The minimum atomic E-state index is -0.600. The second-order valence-electron chi connectivity index (χ2n) is 5.25. The van der Waals surface area contributed by atoms with Crippen molar-refractivity contribution in [3.05, 3.63) is 75.9 Å². The third-order valence-corrected chi connectivity index (χ3v) is 4.33. The number of aryl methyl sites for hydroxylation is 1. The molecule has 1 aromatic carbocycles. The van der Waals surface area contributed by atoms with Gasteiger partial charge in [0.25, 0.3) is 11.8 Å². The smallest absolute Gasteiger partial charge is 0.265 e. The highest BCUT2D eigenvalue weighted by Crippen LogP contribution is 2.19. The Hall–Kier alpha value is -3.06. The molecule has 2 amide bonds. The number of halogens is 1. The van der Waals surface area contributed by atoms with E-state index in [0.29, 0.717) is 10.6 Å². The molecule has 0 aliphatic carbocycles. The standard InChI is InChI=1S/C18H14FN3O2S/c1-11-9-16(22-17(23)12-5-2-3-6-13(12)19)20-10-14(11)21-18(24)15-7-4-8-25-15/h2-10H,1H3,(H,21,24)(H,20,22,23). The molecule has 2 heterocycles. The number of carbonyl (C=O) groups is 2. The molecule has 3 aromatic rings. The number of nitrogens with zero attached hydrogens (tertiary/aromatic N) is 1. The van der Waals surface area contributed by atoms with Crippen LogP contribution >= 0.6 is 11.3 Å². The van der Waals surface area contributed by atoms with Crippen LogP contribution in [-0.4, -0.2) is 16.8 Å². The van der Waals surface area contributed by atoms with Crippen LogP contribution in [-0.2, 0) is 0 Å². The molecule has 0 aliphatic rings. The molecule has 0 saturated carbocycles. The maximum atomic E-state index is 13.6. The van der Waals surface area contributed by atoms with Crippen molar-refractivity contribution < 1.29 is 14.0 Å². The Morgan fingerprint density at radius 2 is 1.88 bits per heavy atom. The molecule has 0 spiro atoms. The zero-order chi connectivity index (χ0) is 17.8. The quantitative estimate of drug-likeness (QED) is 0.740. The van der Waals surface area contributed by atoms with E-state index in [-0.39, 0.29) is 17.3 Å². The molecule has 25 heavy (non-hydrogen) atoms. The summed E-state index contributed by atoms with van der Waals surface area (Å²) in [5.74, 6) is -1.13. The number of hydrogen-bond acceptors (Lipinski definition) is 4. The van der Waals surface area contributed by atoms with E-state index in [1.165, 1.54) is 35.7 Å². The number of benzene rings is 1. The van der Waals surface area contributed by atoms with Gasteiger partial charge >= 0.3 is 0 Å². The summed E-state index contributed by atoms with van der Waals surface area (Å²) in [7, 11) is 0. The molecule has 5 nitrogen and oxygen atoms in total. The summed E-state index contributed by atoms with van der Waals surface area (Å²) < 4.78 is 13.6. The summed E-state index contributed by atoms with van der Waals surface area (Å²) in [5.41, 5.74) is 1.21. The summed E-state index contributed by atoms with van der Waals surface area (Å²) in [4.78, 5) is 28.9. The van der Waals surface area contributed by atoms with Crippen molar-refractivity contribution in [1.82, 2.24) is 4.98 Å². The lowest BCUT2D eigenvalue weighted by Gasteiger charge is -2.10. The van der Waals surface area contributed by atoms with E-state index in [1.807, 2.05) is 5.38 Å². The highest BCUT2D eigenvalue weighted by molar-refractivity contribution is 7.12. The second-order valence-corrected chi connectivity index (χ2v) is 6.20. The van der Waals surface area contributed by atoms with Crippen molar-refractivity contribution in [2.75, 3.05) is 10.6 Å². The van der Waals surface area contributed by atoms with Crippen LogP contribution in [0, 0.1) is 12.7 Å². The molecule has 0 fully saturated rings. The summed E-state index contributed by atoms with van der Waals surface area (Å²) >= 11 is 1.34. The molecule has 3 rings (SSSR count). The normalized spacial score (nSPS) is 10.3. The Labute approximate surface area is 147 Å². The van der Waals surface area contributed by atoms with Crippen LogP contribution in [0.3, 0.4) is 0 Å². The van der Waals surface area contributed by atoms with Crippen LogP contribution in [0.5, 0.6) is 0 Å². The van der Waals surface area contributed by atoms with Crippen molar-refractivity contribution in [2.45, 2.75) is 6.92 Å². The van der Waals surface area contributed by atoms with Gasteiger partial charge in [0.1, 0.15) is 11.6 Å². The molecular weight excluding hydrogens is 341 g/mol. The van der Waals surface area contributed by atoms with Crippen LogP contribution in [0.15, 0.2) is 54.0 Å². The average Bonchev–Trinajstić information content (AvgIpc) is 3.12. The van der Waals surface area contributed by atoms with Crippen LogP contribution < -0.4 is 10.6 Å². The first kappa shape index (κ1) is 16.8. The predicted molar refractivity (Wildman–Crippen MR) is 95.6 cm³/mol. The Kier molecular flexibility index (Phi) is 4.85. The van der Waals surface area contributed by atoms with Gasteiger partial charge in [-0.1, -0.05) is 18.2 Å². The average molecular weight is 355 g/mol. The van der Waals surface area contributed by atoms with Gasteiger partial charge in [0.15, 0.2) is 0 Å². The van der Waals surface area contributed by atoms with Gasteiger partial charge in [-0.15, -0.1) is 11.3 Å². The summed E-state index contributed by atoms with van der Waals surface area (Å²) in [6.07, 6.45) is 1.46. The van der Waals surface area contributed by atoms with Gasteiger partial charge in [0.2, 0.25) is 0 Å². The van der Waals surface area contributed by atoms with Gasteiger partial charge in [-0.2, -0.15) is 0 Å². The topological polar surface area (TPSA) is 71.1 Å². The number of anilines is 2. The number of thiophene rings is 1. The molecule has 2 N–H and O–H groups in total. The van der Waals surface area contributed by atoms with E-state index in [9.17, 15) is 14.0 Å². The van der Waals surface area contributed by atoms with Gasteiger partial charge in [-0.05, 0) is 42.1 Å². The summed E-state index contributed by atoms with van der Waals surface area (Å²) in [5, 5.41) is 7.14. The van der Waals surface area contributed by atoms with Crippen molar-refractivity contribution >= 4 is 34.7 Å². The van der Waals surface area contributed by atoms with Gasteiger partial charge in [0.05, 0.1) is 22.3 Å². The molecule has 0 saturated heterocycles. The maximum absolute atomic E-state index is 13.6. The lowest BCUT2D eigenvalue weighted by molar-refractivity contribution is 0.101. The van der Waals surface area contributed by atoms with Gasteiger partial charge in [-0.25, -0.2) is 9.37 Å². The molecule has 0 bridgehead atoms. The minimum absolute atomic E-state index is 0.0583. The molecule has 126 valence electrons. The Bertz CT molecular complexity index is 926. The SMILES string of the molecule is Cc1cc(NC(=O)c2ccccc2F)ncc1NC(=O)c1cccs1. The molecule has 0 atom stereocenters. The third kappa shape index (κ3) is 3.89. The van der Waals surface area contributed by atoms with E-state index in [2.05, 4.69) is 15.6 Å². The third-order valence-electron chi connectivity index (χ3n) is 3.46. The monoisotopic (exact) mass is 355 g/mol. The van der Waals surface area contributed by atoms with Crippen molar-refractivity contribution in [2.24, 2.45) is 0 Å². The first-order valence-electron chi connectivity index (χ1n) is 7.42. The van der Waals surface area contributed by atoms with Gasteiger partial charge < -0.3 is 10.6 Å². The van der Waals surface area contributed by atoms with E-state index >= 15 is 0 Å². The van der Waals surface area contributed by atoms with E-state index in [0.717, 1.165) is 5.56 Å². The number of pyridine rings is 1. The number of amides is 2. The molecule has 2 aromatic heterocycles. The molecule has 0 aliphatic heterocycles. The number of rotatable bonds is 4. The number of nitrogens with one attached hydrogen (secondary N) is 2. The molecular formula is C18H14FN3O2S. The van der Waals surface area contributed by atoms with Crippen LogP contribution in [0.2, 0.25) is 0 Å². The number of carbonyl (C=O) groups excluding carboxylic acids is 2. The lowest BCUT2D eigenvalue weighted by Crippen LogP contribution is -2.15. The zero-order valence-corrected chi connectivity index (χ0v) is 14.1. The van der Waals surface area contributed by atoms with Crippen LogP contribution in [0.4, 0.5) is 15.9 Å². The van der Waals surface area contributed by atoms with Gasteiger partial charge in [0, 0.05) is 0 Å². The lowest BCUT2D eigenvalue weighted by atomic mass is 10.2. The van der Waals surface area contributed by atoms with E-state index < -0.39 is 11.7 Å². The predicted octanol–water partition coefficient (Wildman–Crippen LogP) is 4.10. The first-order chi connectivity index (χ1) is 12.0. The van der Waals surface area contributed by atoms with Crippen molar-refractivity contribution in [3.63, 3.8) is 0 Å². The zero-order valence-electron chi connectivity index (χ0n) is 13.2. The van der Waals surface area contributed by atoms with Gasteiger partial charge in [-0.3, -0.25) is 9.59 Å². The Morgan fingerprint density at radius 3 is 2.56 bits per heavy atom. The fourth-order valence-corrected chi connectivity index (χ4v) is 2.79. The first-order valence-corrected chi connectivity index (χ1v) is 8.30. The van der Waals surface area contributed by atoms with E-state index in [4.69, 9.17) is 0 Å². The summed E-state index contributed by atoms with van der Waals surface area (Å²) in [6, 6.07) is 10.9. The highest BCUT2D eigenvalue weighted by atomic mass is 32.1. The van der Waals surface area contributed by atoms with Crippen LogP contribution in [0.25, 0.3) is 0 Å². The molecule has 7 heteroatoms. The van der Waals surface area contributed by atoms with Crippen molar-refractivity contribution in [3.8, 4) is 0 Å². The maximum Gasteiger partial charge on any atom is 0.265 e.